The van der Waals surface area contributed by atoms with E-state index in [9.17, 15) is 0 Å². The smallest absolute Gasteiger partial charge is 0.193 e. The van der Waals surface area contributed by atoms with E-state index in [1.165, 1.54) is 12.0 Å². The Balaban J connectivity index is 1.26. The highest BCUT2D eigenvalue weighted by Gasteiger charge is 2.16. The molecule has 5 nitrogen and oxygen atoms in total. The van der Waals surface area contributed by atoms with Gasteiger partial charge in [-0.3, -0.25) is 9.89 Å². The molecule has 3 rings (SSSR count). The van der Waals surface area contributed by atoms with E-state index in [0.29, 0.717) is 5.96 Å². The van der Waals surface area contributed by atoms with Crippen molar-refractivity contribution in [2.45, 2.75) is 19.4 Å². The maximum Gasteiger partial charge on any atom is 0.193 e. The fourth-order valence-electron chi connectivity index (χ4n) is 3.37. The highest BCUT2D eigenvalue weighted by atomic mass is 15.3. The van der Waals surface area contributed by atoms with Crippen LogP contribution in [0.2, 0.25) is 0 Å². The Kier molecular flexibility index (Phi) is 7.69. The summed E-state index contributed by atoms with van der Waals surface area (Å²) in [6.45, 7) is 7.63. The number of hydrogen-bond acceptors (Lipinski definition) is 3. The van der Waals surface area contributed by atoms with Crippen LogP contribution in [0.15, 0.2) is 65.7 Å². The summed E-state index contributed by atoms with van der Waals surface area (Å²) >= 11 is 0. The first kappa shape index (κ1) is 19.4. The average Bonchev–Trinajstić information content (AvgIpc) is 2.70. The van der Waals surface area contributed by atoms with Gasteiger partial charge in [-0.1, -0.05) is 48.5 Å². The summed E-state index contributed by atoms with van der Waals surface area (Å²) < 4.78 is 0. The fraction of sp³-hybridized carbons (Fsp3) is 0.409. The molecule has 1 heterocycles. The minimum atomic E-state index is 0.496. The van der Waals surface area contributed by atoms with Crippen LogP contribution in [0.4, 0.5) is 5.69 Å². The Hall–Kier alpha value is -2.37. The van der Waals surface area contributed by atoms with Crippen molar-refractivity contribution in [3.05, 3.63) is 66.2 Å². The summed E-state index contributed by atoms with van der Waals surface area (Å²) in [5, 5.41) is 3.12. The predicted molar refractivity (Wildman–Crippen MR) is 114 cm³/mol. The van der Waals surface area contributed by atoms with Gasteiger partial charge in [-0.2, -0.15) is 0 Å². The summed E-state index contributed by atoms with van der Waals surface area (Å²) in [4.78, 5) is 9.53. The minimum Gasteiger partial charge on any atom is -0.370 e. The van der Waals surface area contributed by atoms with Crippen molar-refractivity contribution in [2.75, 3.05) is 44.6 Å². The zero-order valence-electron chi connectivity index (χ0n) is 16.1. The van der Waals surface area contributed by atoms with Crippen LogP contribution in [0.3, 0.4) is 0 Å². The predicted octanol–water partition coefficient (Wildman–Crippen LogP) is 3.01. The van der Waals surface area contributed by atoms with Crippen LogP contribution in [0.5, 0.6) is 0 Å². The zero-order chi connectivity index (χ0) is 18.7. The summed E-state index contributed by atoms with van der Waals surface area (Å²) in [6.07, 6.45) is 2.24. The number of hydrogen-bond donors (Lipinski definition) is 2. The normalized spacial score (nSPS) is 16.4. The third-order valence-corrected chi connectivity index (χ3v) is 4.92. The molecule has 2 aromatic rings. The number of piperazine rings is 1. The number of nitrogens with one attached hydrogen (secondary N) is 1. The number of benzene rings is 2. The molecule has 0 atom stereocenters. The second-order valence-corrected chi connectivity index (χ2v) is 7.07. The first-order valence-corrected chi connectivity index (χ1v) is 9.90. The van der Waals surface area contributed by atoms with Crippen molar-refractivity contribution in [3.8, 4) is 0 Å². The molecule has 1 saturated heterocycles. The molecule has 0 unspecified atom stereocenters. The number of nitrogens with zero attached hydrogens (tertiary/aromatic N) is 3. The van der Waals surface area contributed by atoms with Gasteiger partial charge >= 0.3 is 0 Å². The van der Waals surface area contributed by atoms with Gasteiger partial charge in [0.2, 0.25) is 0 Å². The standard InChI is InChI=1S/C22H31N5/c23-22(25-21-11-5-2-6-12-21)24-13-7-8-14-26-15-17-27(18-16-26)19-20-9-3-1-4-10-20/h1-6,9-12H,7-8,13-19H2,(H3,23,24,25). The molecule has 144 valence electrons. The van der Waals surface area contributed by atoms with Crippen LogP contribution in [0, 0.1) is 0 Å². The molecule has 5 heteroatoms. The van der Waals surface area contributed by atoms with Gasteiger partial charge in [0, 0.05) is 45.0 Å². The molecule has 0 amide bonds. The monoisotopic (exact) mass is 365 g/mol. The van der Waals surface area contributed by atoms with Crippen LogP contribution in [-0.2, 0) is 6.54 Å². The number of aliphatic imine (C=N–C) groups is 1. The quantitative estimate of drug-likeness (QED) is 0.429. The van der Waals surface area contributed by atoms with Crippen molar-refractivity contribution in [3.63, 3.8) is 0 Å². The van der Waals surface area contributed by atoms with E-state index in [1.807, 2.05) is 30.3 Å². The van der Waals surface area contributed by atoms with E-state index in [4.69, 9.17) is 5.73 Å². The number of nitrogens with two attached hydrogens (primary N) is 1. The molecule has 27 heavy (non-hydrogen) atoms. The molecule has 2 aromatic carbocycles. The first-order valence-electron chi connectivity index (χ1n) is 9.90. The molecule has 0 aromatic heterocycles. The van der Waals surface area contributed by atoms with E-state index in [1.54, 1.807) is 0 Å². The minimum absolute atomic E-state index is 0.496. The second kappa shape index (κ2) is 10.7. The average molecular weight is 366 g/mol. The number of anilines is 1. The maximum atomic E-state index is 5.93. The van der Waals surface area contributed by atoms with Crippen molar-refractivity contribution in [1.82, 2.24) is 9.80 Å². The van der Waals surface area contributed by atoms with Crippen molar-refractivity contribution >= 4 is 11.6 Å². The molecule has 0 radical (unpaired) electrons. The lowest BCUT2D eigenvalue weighted by Gasteiger charge is -2.34. The molecular weight excluding hydrogens is 334 g/mol. The van der Waals surface area contributed by atoms with Gasteiger partial charge in [-0.25, -0.2) is 0 Å². The van der Waals surface area contributed by atoms with Gasteiger partial charge in [-0.15, -0.1) is 0 Å². The number of rotatable bonds is 8. The fourth-order valence-corrected chi connectivity index (χ4v) is 3.37. The molecule has 0 aliphatic carbocycles. The summed E-state index contributed by atoms with van der Waals surface area (Å²) in [7, 11) is 0. The van der Waals surface area contributed by atoms with Crippen LogP contribution < -0.4 is 11.1 Å². The van der Waals surface area contributed by atoms with E-state index < -0.39 is 0 Å². The van der Waals surface area contributed by atoms with E-state index in [-0.39, 0.29) is 0 Å². The Bertz CT molecular complexity index is 678. The van der Waals surface area contributed by atoms with Gasteiger partial charge < -0.3 is 16.0 Å². The van der Waals surface area contributed by atoms with E-state index >= 15 is 0 Å². The molecular formula is C22H31N5. The Labute approximate surface area is 162 Å². The number of guanidine groups is 1. The Morgan fingerprint density at radius 2 is 1.48 bits per heavy atom. The molecule has 1 aliphatic heterocycles. The lowest BCUT2D eigenvalue weighted by molar-refractivity contribution is 0.126. The highest BCUT2D eigenvalue weighted by molar-refractivity contribution is 5.92. The van der Waals surface area contributed by atoms with Crippen molar-refractivity contribution in [1.29, 1.82) is 0 Å². The number of para-hydroxylation sites is 1. The molecule has 1 aliphatic rings. The zero-order valence-corrected chi connectivity index (χ0v) is 16.1. The lowest BCUT2D eigenvalue weighted by atomic mass is 10.2. The van der Waals surface area contributed by atoms with E-state index in [0.717, 1.165) is 57.9 Å². The SMILES string of the molecule is NC(=NCCCCN1CCN(Cc2ccccc2)CC1)Nc1ccccc1. The summed E-state index contributed by atoms with van der Waals surface area (Å²) in [5.41, 5.74) is 8.32. The van der Waals surface area contributed by atoms with Crippen LogP contribution in [0.25, 0.3) is 0 Å². The molecule has 0 bridgehead atoms. The van der Waals surface area contributed by atoms with Crippen molar-refractivity contribution in [2.24, 2.45) is 10.7 Å². The molecule has 0 spiro atoms. The second-order valence-electron chi connectivity index (χ2n) is 7.07. The molecule has 1 fully saturated rings. The first-order chi connectivity index (χ1) is 13.3. The van der Waals surface area contributed by atoms with Gasteiger partial charge in [0.15, 0.2) is 5.96 Å². The Morgan fingerprint density at radius 1 is 0.852 bits per heavy atom. The third kappa shape index (κ3) is 7.04. The topological polar surface area (TPSA) is 56.9 Å². The van der Waals surface area contributed by atoms with Crippen molar-refractivity contribution < 1.29 is 0 Å². The van der Waals surface area contributed by atoms with E-state index in [2.05, 4.69) is 50.4 Å². The summed E-state index contributed by atoms with van der Waals surface area (Å²) in [5.74, 6) is 0.496. The van der Waals surface area contributed by atoms with Crippen LogP contribution in [-0.4, -0.2) is 55.0 Å². The highest BCUT2D eigenvalue weighted by Crippen LogP contribution is 2.09. The van der Waals surface area contributed by atoms with Gasteiger partial charge in [0.1, 0.15) is 0 Å². The largest absolute Gasteiger partial charge is 0.370 e. The van der Waals surface area contributed by atoms with Gasteiger partial charge in [0.05, 0.1) is 0 Å². The van der Waals surface area contributed by atoms with Gasteiger partial charge in [0.25, 0.3) is 0 Å². The Morgan fingerprint density at radius 3 is 2.19 bits per heavy atom. The molecule has 0 saturated carbocycles. The third-order valence-electron chi connectivity index (χ3n) is 4.92. The molecule has 3 N–H and O–H groups in total. The number of unbranched alkanes of at least 4 members (excludes halogenated alkanes) is 1. The van der Waals surface area contributed by atoms with Crippen LogP contribution >= 0.6 is 0 Å². The lowest BCUT2D eigenvalue weighted by Crippen LogP contribution is -2.46. The summed E-state index contributed by atoms with van der Waals surface area (Å²) in [6, 6.07) is 20.7. The van der Waals surface area contributed by atoms with Gasteiger partial charge in [-0.05, 0) is 37.1 Å². The maximum absolute atomic E-state index is 5.93. The van der Waals surface area contributed by atoms with Crippen LogP contribution in [0.1, 0.15) is 18.4 Å².